The molecule has 2 heterocycles. The van der Waals surface area contributed by atoms with E-state index in [2.05, 4.69) is 0 Å². The number of para-hydroxylation sites is 2. The van der Waals surface area contributed by atoms with Crippen molar-refractivity contribution in [3.05, 3.63) is 59.1 Å². The number of piperidine rings is 1. The van der Waals surface area contributed by atoms with Crippen LogP contribution in [0.5, 0.6) is 5.75 Å². The van der Waals surface area contributed by atoms with Crippen molar-refractivity contribution in [2.24, 2.45) is 0 Å². The topological polar surface area (TPSA) is 98.8 Å². The van der Waals surface area contributed by atoms with Crippen LogP contribution in [0.4, 0.5) is 0 Å². The van der Waals surface area contributed by atoms with Gasteiger partial charge >= 0.3 is 5.76 Å². The first-order valence-electron chi connectivity index (χ1n) is 9.64. The van der Waals surface area contributed by atoms with Crippen LogP contribution < -0.4 is 10.5 Å². The molecule has 0 atom stereocenters. The van der Waals surface area contributed by atoms with E-state index in [1.807, 2.05) is 0 Å². The number of rotatable bonds is 5. The Morgan fingerprint density at radius 3 is 2.43 bits per heavy atom. The van der Waals surface area contributed by atoms with Gasteiger partial charge in [-0.2, -0.15) is 0 Å². The zero-order chi connectivity index (χ0) is 21.3. The second kappa shape index (κ2) is 7.98. The molecule has 158 valence electrons. The molecule has 1 amide bonds. The Morgan fingerprint density at radius 1 is 1.10 bits per heavy atom. The standard InChI is InChI=1S/C21H22N2O6S/c1-28-15-6-8-16(9-7-15)30(26,27)17-10-12-22(13-11-17)20(24)14-23-18-4-2-3-5-19(18)29-21(23)25/h2-9,17H,10-14H2,1H3. The van der Waals surface area contributed by atoms with Crippen LogP contribution in [-0.4, -0.2) is 49.2 Å². The summed E-state index contributed by atoms with van der Waals surface area (Å²) in [6.45, 7) is 0.512. The summed E-state index contributed by atoms with van der Waals surface area (Å²) in [5, 5.41) is -0.549. The summed E-state index contributed by atoms with van der Waals surface area (Å²) in [7, 11) is -1.96. The second-order valence-corrected chi connectivity index (χ2v) is 9.45. The number of methoxy groups -OCH3 is 1. The molecule has 0 N–H and O–H groups in total. The Balaban J connectivity index is 1.43. The molecule has 4 rings (SSSR count). The lowest BCUT2D eigenvalue weighted by atomic mass is 10.1. The number of hydrogen-bond acceptors (Lipinski definition) is 6. The largest absolute Gasteiger partial charge is 0.497 e. The Kier molecular flexibility index (Phi) is 5.38. The number of likely N-dealkylation sites (tertiary alicyclic amines) is 1. The van der Waals surface area contributed by atoms with E-state index in [0.29, 0.717) is 42.8 Å². The minimum absolute atomic E-state index is 0.133. The van der Waals surface area contributed by atoms with Crippen molar-refractivity contribution >= 4 is 26.8 Å². The minimum atomic E-state index is -3.49. The van der Waals surface area contributed by atoms with E-state index >= 15 is 0 Å². The van der Waals surface area contributed by atoms with Crippen molar-refractivity contribution < 1.29 is 22.4 Å². The maximum Gasteiger partial charge on any atom is 0.420 e. The molecule has 1 saturated heterocycles. The number of benzene rings is 2. The molecule has 0 radical (unpaired) electrons. The lowest BCUT2D eigenvalue weighted by Gasteiger charge is -2.31. The molecule has 0 saturated carbocycles. The van der Waals surface area contributed by atoms with E-state index in [0.717, 1.165) is 0 Å². The van der Waals surface area contributed by atoms with Gasteiger partial charge in [-0.25, -0.2) is 13.2 Å². The molecule has 3 aromatic rings. The van der Waals surface area contributed by atoms with Gasteiger partial charge in [0.2, 0.25) is 5.91 Å². The lowest BCUT2D eigenvalue weighted by Crippen LogP contribution is -2.44. The number of aromatic nitrogens is 1. The summed E-state index contributed by atoms with van der Waals surface area (Å²) in [5.41, 5.74) is 0.993. The van der Waals surface area contributed by atoms with Crippen molar-refractivity contribution in [3.63, 3.8) is 0 Å². The predicted molar refractivity (Wildman–Crippen MR) is 110 cm³/mol. The third-order valence-corrected chi connectivity index (χ3v) is 7.77. The first-order chi connectivity index (χ1) is 14.4. The highest BCUT2D eigenvalue weighted by Gasteiger charge is 2.33. The molecule has 0 spiro atoms. The van der Waals surface area contributed by atoms with Crippen LogP contribution >= 0.6 is 0 Å². The van der Waals surface area contributed by atoms with E-state index in [4.69, 9.17) is 9.15 Å². The van der Waals surface area contributed by atoms with Gasteiger partial charge in [-0.3, -0.25) is 9.36 Å². The van der Waals surface area contributed by atoms with Crippen molar-refractivity contribution in [2.45, 2.75) is 29.5 Å². The number of sulfone groups is 1. The van der Waals surface area contributed by atoms with Crippen molar-refractivity contribution in [1.82, 2.24) is 9.47 Å². The highest BCUT2D eigenvalue weighted by Crippen LogP contribution is 2.26. The Labute approximate surface area is 173 Å². The Bertz CT molecular complexity index is 1220. The van der Waals surface area contributed by atoms with Gasteiger partial charge < -0.3 is 14.1 Å². The summed E-state index contributed by atoms with van der Waals surface area (Å²) >= 11 is 0. The molecule has 2 aromatic carbocycles. The molecule has 1 aliphatic heterocycles. The monoisotopic (exact) mass is 430 g/mol. The van der Waals surface area contributed by atoms with Crippen LogP contribution in [0.3, 0.4) is 0 Å². The average Bonchev–Trinajstić information content (AvgIpc) is 3.09. The van der Waals surface area contributed by atoms with Crippen LogP contribution in [0.25, 0.3) is 11.1 Å². The van der Waals surface area contributed by atoms with Gasteiger partial charge in [-0.05, 0) is 49.2 Å². The quantitative estimate of drug-likeness (QED) is 0.615. The van der Waals surface area contributed by atoms with Crippen LogP contribution in [0, 0.1) is 0 Å². The fraction of sp³-hybridized carbons (Fsp3) is 0.333. The van der Waals surface area contributed by atoms with E-state index in [1.54, 1.807) is 53.4 Å². The van der Waals surface area contributed by atoms with Crippen molar-refractivity contribution in [2.75, 3.05) is 20.2 Å². The fourth-order valence-electron chi connectivity index (χ4n) is 3.77. The van der Waals surface area contributed by atoms with E-state index < -0.39 is 20.8 Å². The van der Waals surface area contributed by atoms with Crippen molar-refractivity contribution in [1.29, 1.82) is 0 Å². The maximum absolute atomic E-state index is 12.9. The molecular weight excluding hydrogens is 408 g/mol. The number of ether oxygens (including phenoxy) is 1. The molecule has 1 aliphatic rings. The molecule has 1 fully saturated rings. The summed E-state index contributed by atoms with van der Waals surface area (Å²) in [4.78, 5) is 26.7. The predicted octanol–water partition coefficient (Wildman–Crippen LogP) is 2.07. The fourth-order valence-corrected chi connectivity index (χ4v) is 5.50. The van der Waals surface area contributed by atoms with Crippen LogP contribution in [0.2, 0.25) is 0 Å². The van der Waals surface area contributed by atoms with E-state index in [9.17, 15) is 18.0 Å². The normalized spacial score (nSPS) is 15.4. The molecule has 30 heavy (non-hydrogen) atoms. The van der Waals surface area contributed by atoms with Gasteiger partial charge in [0.15, 0.2) is 15.4 Å². The second-order valence-electron chi connectivity index (χ2n) is 7.22. The summed E-state index contributed by atoms with van der Waals surface area (Å²) < 4.78 is 37.4. The van der Waals surface area contributed by atoms with Crippen LogP contribution in [0.15, 0.2) is 62.6 Å². The Morgan fingerprint density at radius 2 is 1.77 bits per heavy atom. The number of nitrogens with zero attached hydrogens (tertiary/aromatic N) is 2. The average molecular weight is 430 g/mol. The summed E-state index contributed by atoms with van der Waals surface area (Å²) in [6.07, 6.45) is 0.697. The third kappa shape index (κ3) is 3.72. The smallest absolute Gasteiger partial charge is 0.420 e. The van der Waals surface area contributed by atoms with E-state index in [-0.39, 0.29) is 17.3 Å². The number of carbonyl (C=O) groups is 1. The first kappa shape index (κ1) is 20.2. The van der Waals surface area contributed by atoms with Gasteiger partial charge in [0.1, 0.15) is 12.3 Å². The van der Waals surface area contributed by atoms with Gasteiger partial charge in [0.05, 0.1) is 22.8 Å². The number of carbonyl (C=O) groups excluding carboxylic acids is 1. The van der Waals surface area contributed by atoms with Crippen LogP contribution in [0.1, 0.15) is 12.8 Å². The maximum atomic E-state index is 12.9. The molecule has 0 aliphatic carbocycles. The molecule has 0 bridgehead atoms. The molecular formula is C21H22N2O6S. The van der Waals surface area contributed by atoms with Crippen LogP contribution in [-0.2, 0) is 21.2 Å². The molecule has 0 unspecified atom stereocenters. The molecule has 9 heteroatoms. The van der Waals surface area contributed by atoms with E-state index in [1.165, 1.54) is 11.7 Å². The SMILES string of the molecule is COc1ccc(S(=O)(=O)C2CCN(C(=O)Cn3c(=O)oc4ccccc43)CC2)cc1. The van der Waals surface area contributed by atoms with Gasteiger partial charge in [-0.1, -0.05) is 12.1 Å². The third-order valence-electron chi connectivity index (χ3n) is 5.49. The van der Waals surface area contributed by atoms with Gasteiger partial charge in [0, 0.05) is 13.1 Å². The number of amides is 1. The number of hydrogen-bond donors (Lipinski definition) is 0. The first-order valence-corrected chi connectivity index (χ1v) is 11.2. The minimum Gasteiger partial charge on any atom is -0.497 e. The molecule has 1 aromatic heterocycles. The number of oxazole rings is 1. The highest BCUT2D eigenvalue weighted by molar-refractivity contribution is 7.92. The zero-order valence-electron chi connectivity index (χ0n) is 16.5. The zero-order valence-corrected chi connectivity index (χ0v) is 17.3. The van der Waals surface area contributed by atoms with Crippen molar-refractivity contribution in [3.8, 4) is 5.75 Å². The van der Waals surface area contributed by atoms with Gasteiger partial charge in [-0.15, -0.1) is 0 Å². The Hall–Kier alpha value is -3.07. The highest BCUT2D eigenvalue weighted by atomic mass is 32.2. The lowest BCUT2D eigenvalue weighted by molar-refractivity contribution is -0.132. The van der Waals surface area contributed by atoms with Gasteiger partial charge in [0.25, 0.3) is 0 Å². The molecule has 8 nitrogen and oxygen atoms in total. The number of fused-ring (bicyclic) bond motifs is 1. The summed E-state index contributed by atoms with van der Waals surface area (Å²) in [5.74, 6) is -0.221. The summed E-state index contributed by atoms with van der Waals surface area (Å²) in [6, 6.07) is 13.3.